The fourth-order valence-corrected chi connectivity index (χ4v) is 3.13. The molecule has 0 aliphatic heterocycles. The van der Waals surface area contributed by atoms with E-state index >= 15 is 0 Å². The van der Waals surface area contributed by atoms with E-state index in [2.05, 4.69) is 10.4 Å². The first-order valence-corrected chi connectivity index (χ1v) is 8.91. The van der Waals surface area contributed by atoms with Crippen molar-refractivity contribution < 1.29 is 22.4 Å². The van der Waals surface area contributed by atoms with Gasteiger partial charge in [-0.05, 0) is 42.7 Å². The molecule has 1 saturated carbocycles. The van der Waals surface area contributed by atoms with Gasteiger partial charge in [0, 0.05) is 5.92 Å². The molecule has 0 spiro atoms. The molecule has 29 heavy (non-hydrogen) atoms. The zero-order valence-corrected chi connectivity index (χ0v) is 15.0. The number of alkyl halides is 3. The Morgan fingerprint density at radius 2 is 1.83 bits per heavy atom. The number of fused-ring (bicyclic) bond motifs is 1. The van der Waals surface area contributed by atoms with Gasteiger partial charge in [0.25, 0.3) is 5.56 Å². The van der Waals surface area contributed by atoms with Crippen molar-refractivity contribution in [1.82, 2.24) is 9.66 Å². The highest BCUT2D eigenvalue weighted by Gasteiger charge is 2.36. The first-order chi connectivity index (χ1) is 13.7. The maximum atomic E-state index is 13.3. The number of carbonyl (C=O) groups excluding carboxylic acids is 1. The van der Waals surface area contributed by atoms with Crippen LogP contribution >= 0.6 is 0 Å². The van der Waals surface area contributed by atoms with Crippen LogP contribution in [0.25, 0.3) is 10.9 Å². The minimum absolute atomic E-state index is 0.103. The second kappa shape index (κ2) is 6.98. The topological polar surface area (TPSA) is 64.0 Å². The molecule has 0 radical (unpaired) electrons. The fraction of sp³-hybridized carbons (Fsp3) is 0.250. The average Bonchev–Trinajstić information content (AvgIpc) is 3.49. The fourth-order valence-electron chi connectivity index (χ4n) is 3.13. The van der Waals surface area contributed by atoms with E-state index in [0.29, 0.717) is 18.4 Å². The SMILES string of the molecule is O=C(Cc1ccc(F)cc1)Nn1c(C2CC2)nc2c(C(F)(F)F)cccc2c1=O. The third-order valence-electron chi connectivity index (χ3n) is 4.69. The minimum Gasteiger partial charge on any atom is -0.273 e. The van der Waals surface area contributed by atoms with E-state index < -0.39 is 34.5 Å². The molecule has 1 aliphatic rings. The molecule has 0 saturated heterocycles. The molecule has 1 aromatic heterocycles. The highest BCUT2D eigenvalue weighted by molar-refractivity contribution is 5.87. The minimum atomic E-state index is -4.65. The van der Waals surface area contributed by atoms with Gasteiger partial charge in [0.1, 0.15) is 11.6 Å². The van der Waals surface area contributed by atoms with Crippen LogP contribution in [0.5, 0.6) is 0 Å². The Kier molecular flexibility index (Phi) is 4.60. The molecule has 9 heteroatoms. The molecule has 0 atom stereocenters. The van der Waals surface area contributed by atoms with Crippen LogP contribution in [-0.2, 0) is 17.4 Å². The van der Waals surface area contributed by atoms with Crippen LogP contribution in [0.4, 0.5) is 17.6 Å². The zero-order chi connectivity index (χ0) is 20.8. The molecule has 0 bridgehead atoms. The Morgan fingerprint density at radius 3 is 2.45 bits per heavy atom. The Hall–Kier alpha value is -3.23. The molecule has 1 fully saturated rings. The molecule has 4 rings (SSSR count). The maximum absolute atomic E-state index is 13.3. The number of nitrogens with zero attached hydrogens (tertiary/aromatic N) is 2. The van der Waals surface area contributed by atoms with Crippen molar-refractivity contribution in [2.45, 2.75) is 31.4 Å². The summed E-state index contributed by atoms with van der Waals surface area (Å²) >= 11 is 0. The largest absolute Gasteiger partial charge is 0.418 e. The van der Waals surface area contributed by atoms with E-state index in [-0.39, 0.29) is 23.5 Å². The first kappa shape index (κ1) is 19.1. The lowest BCUT2D eigenvalue weighted by Crippen LogP contribution is -2.37. The van der Waals surface area contributed by atoms with Crippen LogP contribution in [-0.4, -0.2) is 15.6 Å². The van der Waals surface area contributed by atoms with Crippen molar-refractivity contribution in [3.05, 3.63) is 75.6 Å². The maximum Gasteiger partial charge on any atom is 0.418 e. The molecule has 150 valence electrons. The lowest BCUT2D eigenvalue weighted by atomic mass is 10.1. The van der Waals surface area contributed by atoms with Crippen LogP contribution in [0.2, 0.25) is 0 Å². The van der Waals surface area contributed by atoms with Crippen molar-refractivity contribution >= 4 is 16.8 Å². The summed E-state index contributed by atoms with van der Waals surface area (Å²) in [5.74, 6) is -1.10. The van der Waals surface area contributed by atoms with Gasteiger partial charge >= 0.3 is 6.18 Å². The third-order valence-corrected chi connectivity index (χ3v) is 4.69. The zero-order valence-electron chi connectivity index (χ0n) is 15.0. The van der Waals surface area contributed by atoms with E-state index in [9.17, 15) is 27.2 Å². The van der Waals surface area contributed by atoms with Gasteiger partial charge in [-0.15, -0.1) is 0 Å². The quantitative estimate of drug-likeness (QED) is 0.673. The number of hydrogen-bond donors (Lipinski definition) is 1. The predicted molar refractivity (Wildman–Crippen MR) is 97.5 cm³/mol. The number of hydrogen-bond acceptors (Lipinski definition) is 3. The molecule has 3 aromatic rings. The number of aromatic nitrogens is 2. The summed E-state index contributed by atoms with van der Waals surface area (Å²) in [6.07, 6.45) is -3.45. The smallest absolute Gasteiger partial charge is 0.273 e. The van der Waals surface area contributed by atoms with Gasteiger partial charge in [-0.3, -0.25) is 15.0 Å². The molecule has 1 amide bonds. The normalized spacial score (nSPS) is 14.2. The first-order valence-electron chi connectivity index (χ1n) is 8.91. The van der Waals surface area contributed by atoms with Crippen molar-refractivity contribution in [3.8, 4) is 0 Å². The lowest BCUT2D eigenvalue weighted by Gasteiger charge is -2.16. The van der Waals surface area contributed by atoms with E-state index in [1.807, 2.05) is 0 Å². The van der Waals surface area contributed by atoms with Crippen LogP contribution in [0.15, 0.2) is 47.3 Å². The lowest BCUT2D eigenvalue weighted by molar-refractivity contribution is -0.136. The van der Waals surface area contributed by atoms with Crippen molar-refractivity contribution in [2.75, 3.05) is 5.43 Å². The van der Waals surface area contributed by atoms with Gasteiger partial charge < -0.3 is 0 Å². The third kappa shape index (κ3) is 3.85. The second-order valence-electron chi connectivity index (χ2n) is 6.92. The van der Waals surface area contributed by atoms with Crippen molar-refractivity contribution in [2.24, 2.45) is 0 Å². The Labute approximate surface area is 162 Å². The summed E-state index contributed by atoms with van der Waals surface area (Å²) in [6.45, 7) is 0. The number of amides is 1. The van der Waals surface area contributed by atoms with Gasteiger partial charge in [0.15, 0.2) is 0 Å². The molecule has 1 aliphatic carbocycles. The van der Waals surface area contributed by atoms with E-state index in [0.717, 1.165) is 16.8 Å². The Morgan fingerprint density at radius 1 is 1.14 bits per heavy atom. The summed E-state index contributed by atoms with van der Waals surface area (Å²) in [5, 5.41) is -0.230. The standard InChI is InChI=1S/C20H15F4N3O2/c21-13-8-4-11(5-9-13)10-16(28)26-27-18(12-6-7-12)25-17-14(19(27)29)2-1-3-15(17)20(22,23)24/h1-5,8-9,12H,6-7,10H2,(H,26,28). The van der Waals surface area contributed by atoms with E-state index in [1.165, 1.54) is 30.3 Å². The van der Waals surface area contributed by atoms with Crippen molar-refractivity contribution in [3.63, 3.8) is 0 Å². The number of para-hydroxylation sites is 1. The van der Waals surface area contributed by atoms with Crippen LogP contribution < -0.4 is 11.0 Å². The molecule has 0 unspecified atom stereocenters. The number of carbonyl (C=O) groups is 1. The number of rotatable bonds is 4. The van der Waals surface area contributed by atoms with Gasteiger partial charge in [-0.1, -0.05) is 18.2 Å². The predicted octanol–water partition coefficient (Wildman–Crippen LogP) is 3.74. The van der Waals surface area contributed by atoms with Crippen molar-refractivity contribution in [1.29, 1.82) is 0 Å². The number of benzene rings is 2. The van der Waals surface area contributed by atoms with E-state index in [1.54, 1.807) is 0 Å². The van der Waals surface area contributed by atoms with E-state index in [4.69, 9.17) is 0 Å². The van der Waals surface area contributed by atoms with Gasteiger partial charge in [-0.2, -0.15) is 13.2 Å². The summed E-state index contributed by atoms with van der Waals surface area (Å²) in [6, 6.07) is 8.56. The summed E-state index contributed by atoms with van der Waals surface area (Å²) in [5.41, 5.74) is 0.792. The van der Waals surface area contributed by atoms with Crippen LogP contribution in [0, 0.1) is 5.82 Å². The Bertz CT molecular complexity index is 1150. The molecule has 1 heterocycles. The molecular formula is C20H15F4N3O2. The molecule has 5 nitrogen and oxygen atoms in total. The van der Waals surface area contributed by atoms with Gasteiger partial charge in [0.05, 0.1) is 22.9 Å². The van der Waals surface area contributed by atoms with Gasteiger partial charge in [-0.25, -0.2) is 14.1 Å². The van der Waals surface area contributed by atoms with Crippen LogP contribution in [0.3, 0.4) is 0 Å². The monoisotopic (exact) mass is 405 g/mol. The Balaban J connectivity index is 1.75. The molecule has 2 aromatic carbocycles. The molecule has 1 N–H and O–H groups in total. The summed E-state index contributed by atoms with van der Waals surface area (Å²) in [7, 11) is 0. The van der Waals surface area contributed by atoms with Gasteiger partial charge in [0.2, 0.25) is 5.91 Å². The number of nitrogens with one attached hydrogen (secondary N) is 1. The molecular weight excluding hydrogens is 390 g/mol. The summed E-state index contributed by atoms with van der Waals surface area (Å²) < 4.78 is 53.9. The van der Waals surface area contributed by atoms with Crippen LogP contribution in [0.1, 0.15) is 35.7 Å². The highest BCUT2D eigenvalue weighted by atomic mass is 19.4. The second-order valence-corrected chi connectivity index (χ2v) is 6.92. The average molecular weight is 405 g/mol. The number of halogens is 4. The highest BCUT2D eigenvalue weighted by Crippen LogP contribution is 2.40. The summed E-state index contributed by atoms with van der Waals surface area (Å²) in [4.78, 5) is 29.4.